The van der Waals surface area contributed by atoms with E-state index >= 15 is 0 Å². The van der Waals surface area contributed by atoms with Crippen LogP contribution in [-0.4, -0.2) is 17.2 Å². The van der Waals surface area contributed by atoms with Crippen LogP contribution in [-0.2, 0) is 6.54 Å². The van der Waals surface area contributed by atoms with E-state index in [0.29, 0.717) is 18.5 Å². The maximum Gasteiger partial charge on any atom is 0.320 e. The van der Waals surface area contributed by atoms with Crippen molar-refractivity contribution in [2.45, 2.75) is 20.4 Å². The second kappa shape index (κ2) is 4.97. The third kappa shape index (κ3) is 2.62. The molecule has 2 N–H and O–H groups in total. The highest BCUT2D eigenvalue weighted by Gasteiger charge is 2.08. The third-order valence-corrected chi connectivity index (χ3v) is 2.51. The molecule has 0 spiro atoms. The molecular formula is C12H16N4O. The van der Waals surface area contributed by atoms with Gasteiger partial charge in [-0.2, -0.15) is 0 Å². The van der Waals surface area contributed by atoms with E-state index < -0.39 is 0 Å². The maximum atomic E-state index is 5.44. The van der Waals surface area contributed by atoms with Crippen molar-refractivity contribution in [2.24, 2.45) is 0 Å². The van der Waals surface area contributed by atoms with Gasteiger partial charge in [-0.05, 0) is 32.0 Å². The zero-order valence-corrected chi connectivity index (χ0v) is 10.2. The van der Waals surface area contributed by atoms with Gasteiger partial charge in [-0.25, -0.2) is 0 Å². The molecule has 5 nitrogen and oxygen atoms in total. The summed E-state index contributed by atoms with van der Waals surface area (Å²) in [6.07, 6.45) is 0. The Labute approximate surface area is 100 Å². The summed E-state index contributed by atoms with van der Waals surface area (Å²) in [5.74, 6) is 0.571. The normalized spacial score (nSPS) is 10.5. The maximum absolute atomic E-state index is 5.44. The smallest absolute Gasteiger partial charge is 0.320 e. The van der Waals surface area contributed by atoms with Crippen molar-refractivity contribution < 1.29 is 4.42 Å². The zero-order valence-electron chi connectivity index (χ0n) is 10.2. The molecule has 1 aromatic heterocycles. The number of nitrogens with one attached hydrogen (secondary N) is 2. The van der Waals surface area contributed by atoms with Crippen LogP contribution in [0.5, 0.6) is 0 Å². The van der Waals surface area contributed by atoms with E-state index in [0.717, 1.165) is 16.8 Å². The summed E-state index contributed by atoms with van der Waals surface area (Å²) in [5, 5.41) is 14.0. The van der Waals surface area contributed by atoms with E-state index in [1.807, 2.05) is 39.1 Å². The first-order chi connectivity index (χ1) is 8.20. The molecule has 0 bridgehead atoms. The molecule has 0 aliphatic rings. The SMILES string of the molecule is CNCc1nnc(Nc2c(C)cccc2C)o1. The molecular weight excluding hydrogens is 216 g/mol. The Morgan fingerprint density at radius 3 is 2.53 bits per heavy atom. The highest BCUT2D eigenvalue weighted by molar-refractivity contribution is 5.61. The van der Waals surface area contributed by atoms with E-state index in [-0.39, 0.29) is 0 Å². The first-order valence-electron chi connectivity index (χ1n) is 5.51. The van der Waals surface area contributed by atoms with E-state index in [1.54, 1.807) is 0 Å². The van der Waals surface area contributed by atoms with E-state index in [4.69, 9.17) is 4.42 Å². The Kier molecular flexibility index (Phi) is 3.39. The van der Waals surface area contributed by atoms with Crippen molar-refractivity contribution in [1.82, 2.24) is 15.5 Å². The Bertz CT molecular complexity index is 487. The van der Waals surface area contributed by atoms with E-state index in [9.17, 15) is 0 Å². The van der Waals surface area contributed by atoms with Crippen LogP contribution in [0.1, 0.15) is 17.0 Å². The number of anilines is 2. The van der Waals surface area contributed by atoms with E-state index in [1.165, 1.54) is 0 Å². The van der Waals surface area contributed by atoms with Gasteiger partial charge in [0.1, 0.15) is 0 Å². The molecule has 1 heterocycles. The predicted octanol–water partition coefficient (Wildman–Crippen LogP) is 2.15. The Balaban J connectivity index is 2.19. The Hall–Kier alpha value is -1.88. The third-order valence-electron chi connectivity index (χ3n) is 2.51. The Morgan fingerprint density at radius 1 is 1.18 bits per heavy atom. The minimum absolute atomic E-state index is 0.424. The molecule has 0 radical (unpaired) electrons. The summed E-state index contributed by atoms with van der Waals surface area (Å²) < 4.78 is 5.44. The fraction of sp³-hybridized carbons (Fsp3) is 0.333. The van der Waals surface area contributed by atoms with Crippen molar-refractivity contribution in [1.29, 1.82) is 0 Å². The summed E-state index contributed by atoms with van der Waals surface area (Å²) in [4.78, 5) is 0. The fourth-order valence-electron chi connectivity index (χ4n) is 1.65. The summed E-state index contributed by atoms with van der Waals surface area (Å²) >= 11 is 0. The monoisotopic (exact) mass is 232 g/mol. The van der Waals surface area contributed by atoms with Crippen molar-refractivity contribution in [2.75, 3.05) is 12.4 Å². The predicted molar refractivity (Wildman–Crippen MR) is 66.3 cm³/mol. The van der Waals surface area contributed by atoms with Gasteiger partial charge in [-0.3, -0.25) is 0 Å². The van der Waals surface area contributed by atoms with Crippen LogP contribution < -0.4 is 10.6 Å². The van der Waals surface area contributed by atoms with Gasteiger partial charge >= 0.3 is 6.01 Å². The van der Waals surface area contributed by atoms with Gasteiger partial charge in [-0.1, -0.05) is 23.3 Å². The van der Waals surface area contributed by atoms with Crippen LogP contribution in [0.15, 0.2) is 22.6 Å². The zero-order chi connectivity index (χ0) is 12.3. The summed E-state index contributed by atoms with van der Waals surface area (Å²) in [6, 6.07) is 6.53. The molecule has 2 aromatic rings. The van der Waals surface area contributed by atoms with Gasteiger partial charge < -0.3 is 15.1 Å². The topological polar surface area (TPSA) is 63.0 Å². The molecule has 0 saturated heterocycles. The second-order valence-electron chi connectivity index (χ2n) is 3.92. The molecule has 1 aromatic carbocycles. The standard InChI is InChI=1S/C12H16N4O/c1-8-5-4-6-9(2)11(8)14-12-16-15-10(17-12)7-13-3/h4-6,13H,7H2,1-3H3,(H,14,16). The molecule has 0 fully saturated rings. The quantitative estimate of drug-likeness (QED) is 0.845. The molecule has 5 heteroatoms. The van der Waals surface area contributed by atoms with Crippen molar-refractivity contribution in [3.8, 4) is 0 Å². The molecule has 17 heavy (non-hydrogen) atoms. The summed E-state index contributed by atoms with van der Waals surface area (Å²) in [5.41, 5.74) is 3.32. The Morgan fingerprint density at radius 2 is 1.88 bits per heavy atom. The van der Waals surface area contributed by atoms with Crippen LogP contribution in [0, 0.1) is 13.8 Å². The number of nitrogens with zero attached hydrogens (tertiary/aromatic N) is 2. The lowest BCUT2D eigenvalue weighted by Crippen LogP contribution is -2.04. The van der Waals surface area contributed by atoms with Crippen LogP contribution in [0.3, 0.4) is 0 Å². The minimum atomic E-state index is 0.424. The summed E-state index contributed by atoms with van der Waals surface area (Å²) in [7, 11) is 1.84. The number of para-hydroxylation sites is 1. The van der Waals surface area contributed by atoms with E-state index in [2.05, 4.69) is 20.8 Å². The van der Waals surface area contributed by atoms with Gasteiger partial charge in [0, 0.05) is 5.69 Å². The van der Waals surface area contributed by atoms with Crippen molar-refractivity contribution in [3.05, 3.63) is 35.2 Å². The van der Waals surface area contributed by atoms with Gasteiger partial charge in [0.15, 0.2) is 0 Å². The van der Waals surface area contributed by atoms with Crippen LogP contribution in [0.25, 0.3) is 0 Å². The highest BCUT2D eigenvalue weighted by atomic mass is 16.4. The first kappa shape index (κ1) is 11.6. The average molecular weight is 232 g/mol. The lowest BCUT2D eigenvalue weighted by molar-refractivity contribution is 0.493. The molecule has 0 aliphatic heterocycles. The molecule has 2 rings (SSSR count). The van der Waals surface area contributed by atoms with Crippen LogP contribution in [0.4, 0.5) is 11.7 Å². The lowest BCUT2D eigenvalue weighted by atomic mass is 10.1. The van der Waals surface area contributed by atoms with Crippen molar-refractivity contribution >= 4 is 11.7 Å². The highest BCUT2D eigenvalue weighted by Crippen LogP contribution is 2.23. The number of hydrogen-bond acceptors (Lipinski definition) is 5. The largest absolute Gasteiger partial charge is 0.406 e. The number of hydrogen-bond donors (Lipinski definition) is 2. The molecule has 0 unspecified atom stereocenters. The average Bonchev–Trinajstić information content (AvgIpc) is 2.72. The summed E-state index contributed by atoms with van der Waals surface area (Å²) in [6.45, 7) is 4.65. The van der Waals surface area contributed by atoms with Gasteiger partial charge in [0.05, 0.1) is 6.54 Å². The number of benzene rings is 1. The number of aryl methyl sites for hydroxylation is 2. The second-order valence-corrected chi connectivity index (χ2v) is 3.92. The van der Waals surface area contributed by atoms with Crippen LogP contribution in [0.2, 0.25) is 0 Å². The number of aromatic nitrogens is 2. The molecule has 90 valence electrons. The molecule has 0 aliphatic carbocycles. The van der Waals surface area contributed by atoms with Gasteiger partial charge in [-0.15, -0.1) is 5.10 Å². The lowest BCUT2D eigenvalue weighted by Gasteiger charge is -2.08. The molecule has 0 saturated carbocycles. The molecule has 0 amide bonds. The minimum Gasteiger partial charge on any atom is -0.406 e. The van der Waals surface area contributed by atoms with Gasteiger partial charge in [0.25, 0.3) is 0 Å². The molecule has 0 atom stereocenters. The van der Waals surface area contributed by atoms with Gasteiger partial charge in [0.2, 0.25) is 5.89 Å². The van der Waals surface area contributed by atoms with Crippen molar-refractivity contribution in [3.63, 3.8) is 0 Å². The van der Waals surface area contributed by atoms with Crippen LogP contribution >= 0.6 is 0 Å². The first-order valence-corrected chi connectivity index (χ1v) is 5.51. The number of rotatable bonds is 4. The fourth-order valence-corrected chi connectivity index (χ4v) is 1.65.